The maximum Gasteiger partial charge on any atom is 0.322 e. The number of benzene rings is 2. The average Bonchev–Trinajstić information content (AvgIpc) is 3.48. The first-order valence-electron chi connectivity index (χ1n) is 12.7. The Morgan fingerprint density at radius 1 is 1.18 bits per heavy atom. The van der Waals surface area contributed by atoms with Crippen LogP contribution in [0.25, 0.3) is 16.2 Å². The highest BCUT2D eigenvalue weighted by Crippen LogP contribution is 2.50. The molecule has 1 spiro atoms. The van der Waals surface area contributed by atoms with Crippen molar-refractivity contribution < 1.29 is 9.18 Å². The standard InChI is InChI=1S/C29H27ClFN5OS/c30-25-16-20(10-13-33-25)17-34-28(37)36-18-29(11-14-32-15-12-29)27-23(36)8-9-24-26(27)22(35-38-24)3-1-2-19-4-6-21(31)7-5-19/h1-2,4-10,13,16,32H,3,11-12,14-15,17-18H2,(H,34,37)/b2-1+. The van der Waals surface area contributed by atoms with Crippen LogP contribution in [-0.4, -0.2) is 35.0 Å². The predicted octanol–water partition coefficient (Wildman–Crippen LogP) is 6.09. The molecule has 6 nitrogen and oxygen atoms in total. The van der Waals surface area contributed by atoms with E-state index in [1.54, 1.807) is 24.4 Å². The second kappa shape index (κ2) is 10.4. The number of rotatable bonds is 5. The van der Waals surface area contributed by atoms with Crippen LogP contribution >= 0.6 is 23.1 Å². The van der Waals surface area contributed by atoms with Crippen LogP contribution in [0.1, 0.15) is 35.2 Å². The largest absolute Gasteiger partial charge is 0.334 e. The molecule has 0 atom stereocenters. The Labute approximate surface area is 229 Å². The number of aromatic nitrogens is 2. The lowest BCUT2D eigenvalue weighted by Gasteiger charge is -2.35. The van der Waals surface area contributed by atoms with Gasteiger partial charge in [-0.25, -0.2) is 14.2 Å². The Bertz CT molecular complexity index is 1510. The average molecular weight is 548 g/mol. The van der Waals surface area contributed by atoms with Crippen LogP contribution < -0.4 is 15.5 Å². The molecule has 194 valence electrons. The first-order chi connectivity index (χ1) is 18.5. The van der Waals surface area contributed by atoms with Gasteiger partial charge in [0.15, 0.2) is 0 Å². The first-order valence-corrected chi connectivity index (χ1v) is 13.9. The summed E-state index contributed by atoms with van der Waals surface area (Å²) >= 11 is 7.53. The van der Waals surface area contributed by atoms with Gasteiger partial charge < -0.3 is 10.6 Å². The molecule has 0 radical (unpaired) electrons. The number of anilines is 1. The fraction of sp³-hybridized carbons (Fsp3) is 0.276. The molecule has 2 aromatic carbocycles. The van der Waals surface area contributed by atoms with E-state index >= 15 is 0 Å². The highest BCUT2D eigenvalue weighted by Gasteiger charge is 2.47. The van der Waals surface area contributed by atoms with Crippen molar-refractivity contribution in [2.24, 2.45) is 0 Å². The fourth-order valence-corrected chi connectivity index (χ4v) is 6.66. The van der Waals surface area contributed by atoms with E-state index in [0.717, 1.165) is 53.1 Å². The summed E-state index contributed by atoms with van der Waals surface area (Å²) in [5.41, 5.74) is 4.97. The summed E-state index contributed by atoms with van der Waals surface area (Å²) in [5.74, 6) is -0.242. The zero-order valence-electron chi connectivity index (χ0n) is 20.7. The minimum absolute atomic E-state index is 0.115. The van der Waals surface area contributed by atoms with Crippen LogP contribution in [0.2, 0.25) is 5.15 Å². The number of nitrogens with zero attached hydrogens (tertiary/aromatic N) is 3. The van der Waals surface area contributed by atoms with Gasteiger partial charge in [-0.15, -0.1) is 0 Å². The van der Waals surface area contributed by atoms with Crippen LogP contribution in [0.4, 0.5) is 14.9 Å². The van der Waals surface area contributed by atoms with Crippen molar-refractivity contribution in [3.8, 4) is 0 Å². The number of hydrogen-bond donors (Lipinski definition) is 2. The molecule has 0 saturated carbocycles. The minimum atomic E-state index is -0.242. The molecule has 1 saturated heterocycles. The van der Waals surface area contributed by atoms with Gasteiger partial charge in [-0.2, -0.15) is 4.37 Å². The van der Waals surface area contributed by atoms with Gasteiger partial charge in [0.05, 0.1) is 16.1 Å². The van der Waals surface area contributed by atoms with Gasteiger partial charge >= 0.3 is 6.03 Å². The van der Waals surface area contributed by atoms with Gasteiger partial charge in [0, 0.05) is 36.5 Å². The third-order valence-electron chi connectivity index (χ3n) is 7.50. The highest BCUT2D eigenvalue weighted by molar-refractivity contribution is 7.13. The van der Waals surface area contributed by atoms with E-state index < -0.39 is 0 Å². The minimum Gasteiger partial charge on any atom is -0.334 e. The Morgan fingerprint density at radius 3 is 2.79 bits per heavy atom. The second-order valence-corrected chi connectivity index (χ2v) is 11.1. The lowest BCUT2D eigenvalue weighted by Crippen LogP contribution is -2.46. The van der Waals surface area contributed by atoms with Crippen molar-refractivity contribution in [2.45, 2.75) is 31.2 Å². The number of carbonyl (C=O) groups excluding carboxylic acids is 1. The van der Waals surface area contributed by atoms with Crippen molar-refractivity contribution in [3.05, 3.63) is 94.2 Å². The van der Waals surface area contributed by atoms with Crippen LogP contribution in [0.15, 0.2) is 60.8 Å². The first kappa shape index (κ1) is 25.0. The van der Waals surface area contributed by atoms with Crippen molar-refractivity contribution in [3.63, 3.8) is 0 Å². The maximum atomic E-state index is 13.5. The van der Waals surface area contributed by atoms with Crippen LogP contribution in [0.3, 0.4) is 0 Å². The summed E-state index contributed by atoms with van der Waals surface area (Å²) in [6.45, 7) is 2.85. The number of urea groups is 1. The lowest BCUT2D eigenvalue weighted by molar-refractivity contribution is 0.243. The van der Waals surface area contributed by atoms with E-state index in [4.69, 9.17) is 16.0 Å². The zero-order chi connectivity index (χ0) is 26.1. The van der Waals surface area contributed by atoms with Gasteiger partial charge in [0.2, 0.25) is 0 Å². The quantitative estimate of drug-likeness (QED) is 0.297. The van der Waals surface area contributed by atoms with E-state index in [1.807, 2.05) is 17.0 Å². The summed E-state index contributed by atoms with van der Waals surface area (Å²) in [4.78, 5) is 19.4. The Balaban J connectivity index is 1.33. The smallest absolute Gasteiger partial charge is 0.322 e. The molecule has 2 aliphatic heterocycles. The maximum absolute atomic E-state index is 13.5. The molecular weight excluding hydrogens is 521 g/mol. The number of pyridine rings is 1. The molecule has 0 aliphatic carbocycles. The number of halogens is 2. The van der Waals surface area contributed by atoms with Crippen molar-refractivity contribution >= 4 is 51.0 Å². The zero-order valence-corrected chi connectivity index (χ0v) is 22.3. The summed E-state index contributed by atoms with van der Waals surface area (Å²) < 4.78 is 19.2. The monoisotopic (exact) mass is 547 g/mol. The van der Waals surface area contributed by atoms with Crippen LogP contribution in [-0.2, 0) is 18.4 Å². The summed E-state index contributed by atoms with van der Waals surface area (Å²) in [5, 5.41) is 8.15. The van der Waals surface area contributed by atoms with Crippen molar-refractivity contribution in [2.75, 3.05) is 24.5 Å². The third-order valence-corrected chi connectivity index (χ3v) is 8.56. The Morgan fingerprint density at radius 2 is 2.00 bits per heavy atom. The molecule has 38 heavy (non-hydrogen) atoms. The predicted molar refractivity (Wildman–Crippen MR) is 151 cm³/mol. The van der Waals surface area contributed by atoms with E-state index in [2.05, 4.69) is 33.8 Å². The van der Waals surface area contributed by atoms with Gasteiger partial charge in [-0.1, -0.05) is 35.9 Å². The van der Waals surface area contributed by atoms with Crippen LogP contribution in [0, 0.1) is 5.82 Å². The van der Waals surface area contributed by atoms with Crippen molar-refractivity contribution in [1.82, 2.24) is 20.0 Å². The molecule has 6 rings (SSSR count). The molecule has 2 amide bonds. The van der Waals surface area contributed by atoms with E-state index in [-0.39, 0.29) is 17.3 Å². The normalized spacial score (nSPS) is 16.4. The van der Waals surface area contributed by atoms with E-state index in [0.29, 0.717) is 24.7 Å². The number of piperidine rings is 1. The highest BCUT2D eigenvalue weighted by atomic mass is 35.5. The second-order valence-electron chi connectivity index (χ2n) is 9.88. The summed E-state index contributed by atoms with van der Waals surface area (Å²) in [6, 6.07) is 14.1. The molecule has 1 fully saturated rings. The summed E-state index contributed by atoms with van der Waals surface area (Å²) in [6.07, 6.45) is 8.31. The number of hydrogen-bond acceptors (Lipinski definition) is 5. The molecule has 4 aromatic rings. The molecule has 2 aliphatic rings. The van der Waals surface area contributed by atoms with Gasteiger partial charge in [-0.3, -0.25) is 4.90 Å². The van der Waals surface area contributed by atoms with E-state index in [9.17, 15) is 9.18 Å². The molecule has 2 aromatic heterocycles. The summed E-state index contributed by atoms with van der Waals surface area (Å²) in [7, 11) is 0. The Kier molecular flexibility index (Phi) is 6.86. The SMILES string of the molecule is O=C(NCc1ccnc(Cl)c1)N1CC2(CCNCC2)c2c1ccc1snc(C/C=C/c3ccc(F)cc3)c21. The number of carbonyl (C=O) groups is 1. The molecule has 0 unspecified atom stereocenters. The molecule has 4 heterocycles. The number of fused-ring (bicyclic) bond motifs is 4. The Hall–Kier alpha value is -3.33. The number of allylic oxidation sites excluding steroid dienone is 1. The van der Waals surface area contributed by atoms with Gasteiger partial charge in [-0.05, 0) is 90.6 Å². The van der Waals surface area contributed by atoms with Gasteiger partial charge in [0.1, 0.15) is 11.0 Å². The van der Waals surface area contributed by atoms with E-state index in [1.165, 1.54) is 34.6 Å². The molecule has 9 heteroatoms. The fourth-order valence-electron chi connectivity index (χ4n) is 5.65. The third kappa shape index (κ3) is 4.79. The lowest BCUT2D eigenvalue weighted by atomic mass is 9.73. The molecule has 2 N–H and O–H groups in total. The topological polar surface area (TPSA) is 70.2 Å². The molecule has 0 bridgehead atoms. The van der Waals surface area contributed by atoms with Crippen LogP contribution in [0.5, 0.6) is 0 Å². The van der Waals surface area contributed by atoms with Gasteiger partial charge in [0.25, 0.3) is 0 Å². The number of nitrogens with one attached hydrogen (secondary N) is 2. The number of amides is 2. The molecular formula is C29H27ClFN5OS. The van der Waals surface area contributed by atoms with Crippen molar-refractivity contribution in [1.29, 1.82) is 0 Å².